The number of ether oxygens (including phenoxy) is 2. The third kappa shape index (κ3) is 2.45. The van der Waals surface area contributed by atoms with E-state index in [0.717, 1.165) is 16.6 Å². The molecule has 0 spiro atoms. The van der Waals surface area contributed by atoms with Crippen molar-refractivity contribution < 1.29 is 14.0 Å². The zero-order valence-electron chi connectivity index (χ0n) is 14.6. The minimum Gasteiger partial charge on any atom is -0.454 e. The van der Waals surface area contributed by atoms with Crippen LogP contribution in [-0.2, 0) is 7.05 Å². The van der Waals surface area contributed by atoms with Crippen LogP contribution in [0, 0.1) is 6.92 Å². The van der Waals surface area contributed by atoms with Gasteiger partial charge in [-0.25, -0.2) is 4.98 Å². The van der Waals surface area contributed by atoms with Gasteiger partial charge in [0.1, 0.15) is 5.69 Å². The van der Waals surface area contributed by atoms with Gasteiger partial charge in [0.15, 0.2) is 11.5 Å². The number of hydrogen-bond donors (Lipinski definition) is 0. The summed E-state index contributed by atoms with van der Waals surface area (Å²) in [5.41, 5.74) is 3.27. The summed E-state index contributed by atoms with van der Waals surface area (Å²) in [6.45, 7) is 1.90. The second kappa shape index (κ2) is 5.66. The Balaban J connectivity index is 1.56. The van der Waals surface area contributed by atoms with Crippen molar-refractivity contribution >= 4 is 11.0 Å². The highest BCUT2D eigenvalue weighted by Crippen LogP contribution is 2.35. The van der Waals surface area contributed by atoms with Gasteiger partial charge < -0.3 is 18.6 Å². The number of hydrogen-bond acceptors (Lipinski definition) is 7. The van der Waals surface area contributed by atoms with Crippen LogP contribution in [0.4, 0.5) is 0 Å². The molecule has 0 saturated heterocycles. The zero-order chi connectivity index (χ0) is 18.5. The van der Waals surface area contributed by atoms with Crippen molar-refractivity contribution in [2.45, 2.75) is 6.92 Å². The number of rotatable bonds is 2. The Hall–Kier alpha value is -3.68. The molecule has 1 aliphatic rings. The van der Waals surface area contributed by atoms with Gasteiger partial charge in [-0.05, 0) is 43.3 Å². The van der Waals surface area contributed by atoms with E-state index < -0.39 is 0 Å². The van der Waals surface area contributed by atoms with Crippen molar-refractivity contribution in [2.75, 3.05) is 6.79 Å². The van der Waals surface area contributed by atoms with Gasteiger partial charge >= 0.3 is 0 Å². The molecule has 0 amide bonds. The highest BCUT2D eigenvalue weighted by Gasteiger charge is 2.17. The molecule has 0 radical (unpaired) electrons. The lowest BCUT2D eigenvalue weighted by molar-refractivity contribution is 0.174. The van der Waals surface area contributed by atoms with E-state index in [4.69, 9.17) is 14.0 Å². The monoisotopic (exact) mass is 362 g/mol. The molecule has 0 N–H and O–H groups in total. The Kier molecular flexibility index (Phi) is 3.27. The summed E-state index contributed by atoms with van der Waals surface area (Å²) in [5.74, 6) is 2.17. The van der Waals surface area contributed by atoms with Gasteiger partial charge in [0.2, 0.25) is 12.6 Å². The van der Waals surface area contributed by atoms with Crippen molar-refractivity contribution in [3.05, 3.63) is 52.4 Å². The lowest BCUT2D eigenvalue weighted by Crippen LogP contribution is -2.20. The zero-order valence-corrected chi connectivity index (χ0v) is 14.6. The largest absolute Gasteiger partial charge is 0.454 e. The summed E-state index contributed by atoms with van der Waals surface area (Å²) in [6, 6.07) is 11.0. The highest BCUT2D eigenvalue weighted by atomic mass is 16.7. The van der Waals surface area contributed by atoms with Crippen molar-refractivity contribution in [2.24, 2.45) is 7.05 Å². The van der Waals surface area contributed by atoms with Crippen LogP contribution in [0.15, 0.2) is 45.7 Å². The molecule has 8 heteroatoms. The van der Waals surface area contributed by atoms with Crippen LogP contribution in [0.3, 0.4) is 0 Å². The Labute approximate surface area is 153 Å². The average molecular weight is 362 g/mol. The fourth-order valence-electron chi connectivity index (χ4n) is 3.10. The standard InChI is InChI=1S/C19H14N4O4/c1-10-19(24)23(2)14-5-3-11(7-13(14)20-10)17-21-18(27-22-17)12-4-6-15-16(8-12)26-9-25-15/h3-8H,9H2,1-2H3. The maximum Gasteiger partial charge on any atom is 0.272 e. The topological polar surface area (TPSA) is 92.3 Å². The minimum absolute atomic E-state index is 0.111. The molecule has 0 atom stereocenters. The van der Waals surface area contributed by atoms with Gasteiger partial charge in [-0.15, -0.1) is 0 Å². The average Bonchev–Trinajstić information content (AvgIpc) is 3.34. The predicted octanol–water partition coefficient (Wildman–Crippen LogP) is 2.69. The summed E-state index contributed by atoms with van der Waals surface area (Å²) in [5, 5.41) is 4.07. The van der Waals surface area contributed by atoms with Crippen molar-refractivity contribution in [3.63, 3.8) is 0 Å². The lowest BCUT2D eigenvalue weighted by atomic mass is 10.1. The summed E-state index contributed by atoms with van der Waals surface area (Å²) in [7, 11) is 1.73. The third-order valence-electron chi connectivity index (χ3n) is 4.54. The molecule has 134 valence electrons. The van der Waals surface area contributed by atoms with E-state index in [0.29, 0.717) is 34.4 Å². The van der Waals surface area contributed by atoms with E-state index in [1.54, 1.807) is 24.6 Å². The lowest BCUT2D eigenvalue weighted by Gasteiger charge is -2.06. The van der Waals surface area contributed by atoms with Crippen LogP contribution in [-0.4, -0.2) is 26.5 Å². The van der Waals surface area contributed by atoms with Gasteiger partial charge in [0.25, 0.3) is 11.4 Å². The molecule has 5 rings (SSSR count). The maximum atomic E-state index is 12.0. The Bertz CT molecular complexity index is 1260. The van der Waals surface area contributed by atoms with Gasteiger partial charge in [0, 0.05) is 18.2 Å². The van der Waals surface area contributed by atoms with E-state index in [9.17, 15) is 4.79 Å². The first-order valence-electron chi connectivity index (χ1n) is 8.31. The van der Waals surface area contributed by atoms with E-state index in [-0.39, 0.29) is 12.4 Å². The molecule has 8 nitrogen and oxygen atoms in total. The summed E-state index contributed by atoms with van der Waals surface area (Å²) in [6.07, 6.45) is 0. The number of nitrogens with zero attached hydrogens (tertiary/aromatic N) is 4. The molecule has 0 unspecified atom stereocenters. The summed E-state index contributed by atoms with van der Waals surface area (Å²) >= 11 is 0. The first kappa shape index (κ1) is 15.6. The van der Waals surface area contributed by atoms with E-state index in [1.165, 1.54) is 0 Å². The van der Waals surface area contributed by atoms with Crippen LogP contribution in [0.5, 0.6) is 11.5 Å². The molecule has 1 aliphatic heterocycles. The molecule has 0 saturated carbocycles. The van der Waals surface area contributed by atoms with Crippen molar-refractivity contribution in [3.8, 4) is 34.3 Å². The number of aromatic nitrogens is 4. The fourth-order valence-corrected chi connectivity index (χ4v) is 3.10. The Morgan fingerprint density at radius 1 is 1.00 bits per heavy atom. The normalized spacial score (nSPS) is 12.7. The molecule has 2 aromatic heterocycles. The summed E-state index contributed by atoms with van der Waals surface area (Å²) < 4.78 is 17.7. The molecule has 27 heavy (non-hydrogen) atoms. The second-order valence-electron chi connectivity index (χ2n) is 6.26. The van der Waals surface area contributed by atoms with Gasteiger partial charge in [0.05, 0.1) is 11.0 Å². The molecule has 3 heterocycles. The minimum atomic E-state index is -0.111. The first-order chi connectivity index (χ1) is 13.1. The fraction of sp³-hybridized carbons (Fsp3) is 0.158. The van der Waals surface area contributed by atoms with Gasteiger partial charge in [-0.1, -0.05) is 5.16 Å². The maximum absolute atomic E-state index is 12.0. The Morgan fingerprint density at radius 3 is 2.70 bits per heavy atom. The molecular weight excluding hydrogens is 348 g/mol. The van der Waals surface area contributed by atoms with Crippen molar-refractivity contribution in [1.29, 1.82) is 0 Å². The molecule has 0 bridgehead atoms. The summed E-state index contributed by atoms with van der Waals surface area (Å²) in [4.78, 5) is 20.9. The van der Waals surface area contributed by atoms with Crippen LogP contribution in [0.2, 0.25) is 0 Å². The van der Waals surface area contributed by atoms with Crippen LogP contribution < -0.4 is 15.0 Å². The van der Waals surface area contributed by atoms with Crippen LogP contribution in [0.1, 0.15) is 5.69 Å². The smallest absolute Gasteiger partial charge is 0.272 e. The molecule has 4 aromatic rings. The molecule has 0 aliphatic carbocycles. The van der Waals surface area contributed by atoms with E-state index >= 15 is 0 Å². The van der Waals surface area contributed by atoms with Crippen LogP contribution in [0.25, 0.3) is 33.9 Å². The first-order valence-corrected chi connectivity index (χ1v) is 8.31. The number of benzene rings is 2. The second-order valence-corrected chi connectivity index (χ2v) is 6.26. The van der Waals surface area contributed by atoms with Crippen molar-refractivity contribution in [1.82, 2.24) is 19.7 Å². The quantitative estimate of drug-likeness (QED) is 0.541. The Morgan fingerprint density at radius 2 is 1.81 bits per heavy atom. The van der Waals surface area contributed by atoms with Gasteiger partial charge in [-0.2, -0.15) is 4.98 Å². The van der Waals surface area contributed by atoms with E-state index in [1.807, 2.05) is 30.3 Å². The molecule has 0 fully saturated rings. The number of fused-ring (bicyclic) bond motifs is 2. The van der Waals surface area contributed by atoms with Gasteiger partial charge in [-0.3, -0.25) is 4.79 Å². The predicted molar refractivity (Wildman–Crippen MR) is 96.6 cm³/mol. The highest BCUT2D eigenvalue weighted by molar-refractivity contribution is 5.80. The molecular formula is C19H14N4O4. The third-order valence-corrected chi connectivity index (χ3v) is 4.54. The number of aryl methyl sites for hydroxylation is 2. The SMILES string of the molecule is Cc1nc2cc(-c3noc(-c4ccc5c(c4)OCO5)n3)ccc2n(C)c1=O. The van der Waals surface area contributed by atoms with Crippen LogP contribution >= 0.6 is 0 Å². The van der Waals surface area contributed by atoms with E-state index in [2.05, 4.69) is 15.1 Å². The molecule has 2 aromatic carbocycles.